The van der Waals surface area contributed by atoms with E-state index in [1.54, 1.807) is 37.0 Å². The largest absolute Gasteiger partial charge is 0.485 e. The molecule has 1 N–H and O–H groups in total. The fourth-order valence-corrected chi connectivity index (χ4v) is 5.20. The van der Waals surface area contributed by atoms with Crippen molar-refractivity contribution in [2.75, 3.05) is 7.05 Å². The van der Waals surface area contributed by atoms with Gasteiger partial charge in [0.15, 0.2) is 0 Å². The van der Waals surface area contributed by atoms with E-state index < -0.39 is 0 Å². The zero-order valence-corrected chi connectivity index (χ0v) is 18.1. The van der Waals surface area contributed by atoms with E-state index in [2.05, 4.69) is 27.4 Å². The van der Waals surface area contributed by atoms with Gasteiger partial charge in [-0.15, -0.1) is 11.3 Å². The van der Waals surface area contributed by atoms with Crippen molar-refractivity contribution in [2.45, 2.75) is 19.4 Å². The highest BCUT2D eigenvalue weighted by atomic mass is 32.1. The minimum absolute atomic E-state index is 0.0391. The number of carbonyl (C=O) groups is 1. The summed E-state index contributed by atoms with van der Waals surface area (Å²) in [6.07, 6.45) is 10.1. The number of hydrogen-bond acceptors (Lipinski definition) is 5. The Morgan fingerprint density at radius 1 is 1.13 bits per heavy atom. The topological polar surface area (TPSA) is 64.1 Å². The van der Waals surface area contributed by atoms with Crippen LogP contribution in [0.5, 0.6) is 5.75 Å². The smallest absolute Gasteiger partial charge is 0.252 e. The zero-order valence-electron chi connectivity index (χ0n) is 17.3. The third-order valence-corrected chi connectivity index (χ3v) is 6.65. The van der Waals surface area contributed by atoms with Crippen LogP contribution in [0.3, 0.4) is 0 Å². The average molecular weight is 428 g/mol. The Kier molecular flexibility index (Phi) is 5.00. The van der Waals surface area contributed by atoms with E-state index in [0.29, 0.717) is 0 Å². The lowest BCUT2D eigenvalue weighted by molar-refractivity contribution is 0.0962. The minimum Gasteiger partial charge on any atom is -0.485 e. The third-order valence-electron chi connectivity index (χ3n) is 5.51. The second kappa shape index (κ2) is 7.96. The van der Waals surface area contributed by atoms with Crippen molar-refractivity contribution in [2.24, 2.45) is 0 Å². The molecular formula is C25H21N3O2S. The van der Waals surface area contributed by atoms with Gasteiger partial charge in [-0.25, -0.2) is 0 Å². The first-order valence-corrected chi connectivity index (χ1v) is 10.9. The van der Waals surface area contributed by atoms with Crippen LogP contribution in [0.2, 0.25) is 0 Å². The average Bonchev–Trinajstić information content (AvgIpc) is 3.14. The van der Waals surface area contributed by atoms with Crippen LogP contribution in [0, 0.1) is 6.92 Å². The highest BCUT2D eigenvalue weighted by molar-refractivity contribution is 7.12. The first kappa shape index (κ1) is 19.5. The number of rotatable bonds is 4. The molecule has 1 aliphatic carbocycles. The molecule has 1 aliphatic rings. The molecule has 1 unspecified atom stereocenters. The molecule has 0 fully saturated rings. The summed E-state index contributed by atoms with van der Waals surface area (Å²) in [6, 6.07) is 12.1. The first-order valence-electron chi connectivity index (χ1n) is 10.1. The van der Waals surface area contributed by atoms with Crippen molar-refractivity contribution in [3.63, 3.8) is 0 Å². The van der Waals surface area contributed by atoms with Crippen molar-refractivity contribution in [1.29, 1.82) is 0 Å². The summed E-state index contributed by atoms with van der Waals surface area (Å²) in [6.45, 7) is 1.99. The summed E-state index contributed by atoms with van der Waals surface area (Å²) in [5, 5.41) is 3.72. The number of nitrogens with one attached hydrogen (secondary N) is 1. The van der Waals surface area contributed by atoms with Gasteiger partial charge in [0.1, 0.15) is 11.9 Å². The van der Waals surface area contributed by atoms with Gasteiger partial charge in [0.25, 0.3) is 5.91 Å². The predicted octanol–water partition coefficient (Wildman–Crippen LogP) is 5.04. The molecule has 0 bridgehead atoms. The second-order valence-electron chi connectivity index (χ2n) is 7.45. The number of carbonyl (C=O) groups excluding carboxylic acids is 1. The molecule has 6 heteroatoms. The molecule has 154 valence electrons. The van der Waals surface area contributed by atoms with Gasteiger partial charge in [-0.3, -0.25) is 14.8 Å². The summed E-state index contributed by atoms with van der Waals surface area (Å²) in [7, 11) is 1.67. The number of nitrogens with zero attached hydrogens (tertiary/aromatic N) is 2. The van der Waals surface area contributed by atoms with Crippen LogP contribution in [0.1, 0.15) is 25.7 Å². The van der Waals surface area contributed by atoms with E-state index in [9.17, 15) is 4.79 Å². The van der Waals surface area contributed by atoms with Crippen molar-refractivity contribution in [1.82, 2.24) is 15.3 Å². The van der Waals surface area contributed by atoms with Crippen LogP contribution in [0.15, 0.2) is 61.1 Å². The van der Waals surface area contributed by atoms with Crippen molar-refractivity contribution in [3.8, 4) is 16.9 Å². The molecular weight excluding hydrogens is 406 g/mol. The lowest BCUT2D eigenvalue weighted by atomic mass is 9.99. The summed E-state index contributed by atoms with van der Waals surface area (Å²) in [5.41, 5.74) is 4.88. The Labute approximate surface area is 184 Å². The monoisotopic (exact) mass is 427 g/mol. The number of benzene rings is 1. The van der Waals surface area contributed by atoms with Gasteiger partial charge in [-0.05, 0) is 54.5 Å². The normalized spacial score (nSPS) is 15.0. The molecule has 0 saturated heterocycles. The second-order valence-corrected chi connectivity index (χ2v) is 8.75. The Balaban J connectivity index is 1.46. The zero-order chi connectivity index (χ0) is 21.4. The van der Waals surface area contributed by atoms with Gasteiger partial charge >= 0.3 is 0 Å². The Morgan fingerprint density at radius 3 is 2.77 bits per heavy atom. The Bertz CT molecular complexity index is 1310. The van der Waals surface area contributed by atoms with Crippen LogP contribution < -0.4 is 10.1 Å². The highest BCUT2D eigenvalue weighted by Crippen LogP contribution is 2.35. The number of aryl methyl sites for hydroxylation is 1. The number of pyridine rings is 2. The summed E-state index contributed by atoms with van der Waals surface area (Å²) in [4.78, 5) is 23.1. The van der Waals surface area contributed by atoms with E-state index in [0.717, 1.165) is 50.2 Å². The van der Waals surface area contributed by atoms with E-state index in [4.69, 9.17) is 4.74 Å². The number of thiophene rings is 1. The molecule has 1 amide bonds. The van der Waals surface area contributed by atoms with Crippen LogP contribution in [-0.2, 0) is 6.42 Å². The minimum atomic E-state index is -0.0988. The maximum absolute atomic E-state index is 12.3. The molecule has 3 aromatic heterocycles. The van der Waals surface area contributed by atoms with E-state index in [1.165, 1.54) is 4.88 Å². The number of amides is 1. The molecule has 1 aromatic carbocycles. The van der Waals surface area contributed by atoms with Gasteiger partial charge < -0.3 is 10.1 Å². The summed E-state index contributed by atoms with van der Waals surface area (Å²) in [5.74, 6) is 0.765. The van der Waals surface area contributed by atoms with Gasteiger partial charge in [-0.1, -0.05) is 12.1 Å². The molecule has 5 nitrogen and oxygen atoms in total. The van der Waals surface area contributed by atoms with Gasteiger partial charge in [-0.2, -0.15) is 0 Å². The Morgan fingerprint density at radius 2 is 1.97 bits per heavy atom. The molecule has 31 heavy (non-hydrogen) atoms. The van der Waals surface area contributed by atoms with E-state index in [1.807, 2.05) is 43.3 Å². The Hall–Kier alpha value is -3.51. The SMILES string of the molecule is CNC(=O)c1c(C)sc2c1C=CC(Oc1ccnc3ccc(-c4ccncc4)cc13)C2. The number of ether oxygens (including phenoxy) is 1. The van der Waals surface area contributed by atoms with Crippen molar-refractivity contribution in [3.05, 3.63) is 81.9 Å². The molecule has 0 spiro atoms. The summed E-state index contributed by atoms with van der Waals surface area (Å²) < 4.78 is 6.42. The maximum atomic E-state index is 12.3. The van der Waals surface area contributed by atoms with Crippen LogP contribution in [0.4, 0.5) is 0 Å². The highest BCUT2D eigenvalue weighted by Gasteiger charge is 2.25. The fourth-order valence-electron chi connectivity index (χ4n) is 4.00. The molecule has 0 saturated carbocycles. The molecule has 1 atom stereocenters. The van der Waals surface area contributed by atoms with Gasteiger partial charge in [0, 0.05) is 52.8 Å². The first-order chi connectivity index (χ1) is 15.1. The van der Waals surface area contributed by atoms with Crippen LogP contribution in [0.25, 0.3) is 28.1 Å². The predicted molar refractivity (Wildman–Crippen MR) is 125 cm³/mol. The molecule has 5 rings (SSSR count). The maximum Gasteiger partial charge on any atom is 0.252 e. The van der Waals surface area contributed by atoms with Gasteiger partial charge in [0.05, 0.1) is 11.1 Å². The molecule has 0 radical (unpaired) electrons. The number of hydrogen-bond donors (Lipinski definition) is 1. The van der Waals surface area contributed by atoms with Gasteiger partial charge in [0.2, 0.25) is 0 Å². The lowest BCUT2D eigenvalue weighted by Gasteiger charge is -2.20. The van der Waals surface area contributed by atoms with Crippen molar-refractivity contribution < 1.29 is 9.53 Å². The molecule has 3 heterocycles. The molecule has 0 aliphatic heterocycles. The van der Waals surface area contributed by atoms with Crippen molar-refractivity contribution >= 4 is 34.2 Å². The quantitative estimate of drug-likeness (QED) is 0.495. The van der Waals surface area contributed by atoms with Crippen LogP contribution in [-0.4, -0.2) is 29.0 Å². The van der Waals surface area contributed by atoms with E-state index >= 15 is 0 Å². The summed E-state index contributed by atoms with van der Waals surface area (Å²) >= 11 is 1.67. The van der Waals surface area contributed by atoms with E-state index in [-0.39, 0.29) is 12.0 Å². The van der Waals surface area contributed by atoms with Crippen LogP contribution >= 0.6 is 11.3 Å². The fraction of sp³-hybridized carbons (Fsp3) is 0.160. The molecule has 4 aromatic rings. The number of aromatic nitrogens is 2. The number of fused-ring (bicyclic) bond motifs is 2. The standard InChI is InChI=1S/C25H21N3O2S/c1-15-24(25(29)26-2)19-5-4-18(14-23(19)31-15)30-22-9-12-28-21-6-3-17(13-20(21)22)16-7-10-27-11-8-16/h3-13,18H,14H2,1-2H3,(H,26,29). The lowest BCUT2D eigenvalue weighted by Crippen LogP contribution is -2.22. The third kappa shape index (κ3) is 3.59.